The third kappa shape index (κ3) is 3.05. The van der Waals surface area contributed by atoms with Crippen molar-refractivity contribution in [1.82, 2.24) is 10.1 Å². The molecule has 6 nitrogen and oxygen atoms in total. The van der Waals surface area contributed by atoms with E-state index in [4.69, 9.17) is 9.26 Å². The Morgan fingerprint density at radius 2 is 2.27 bits per heavy atom. The van der Waals surface area contributed by atoms with Gasteiger partial charge in [0.15, 0.2) is 5.82 Å². The predicted octanol–water partition coefficient (Wildman–Crippen LogP) is 3.16. The Morgan fingerprint density at radius 3 is 2.95 bits per heavy atom. The minimum absolute atomic E-state index is 0.00648. The van der Waals surface area contributed by atoms with E-state index in [2.05, 4.69) is 15.5 Å². The highest BCUT2D eigenvalue weighted by Crippen LogP contribution is 2.42. The van der Waals surface area contributed by atoms with E-state index in [1.54, 1.807) is 6.92 Å². The van der Waals surface area contributed by atoms with Crippen molar-refractivity contribution in [3.8, 4) is 11.5 Å². The summed E-state index contributed by atoms with van der Waals surface area (Å²) in [5.41, 5.74) is 2.01. The van der Waals surface area contributed by atoms with E-state index >= 15 is 0 Å². The topological polar surface area (TPSA) is 77.2 Å². The molecule has 118 valence electrons. The molecule has 1 amide bonds. The van der Waals surface area contributed by atoms with Gasteiger partial charge < -0.3 is 14.6 Å². The van der Waals surface area contributed by atoms with Gasteiger partial charge in [-0.05, 0) is 24.8 Å². The number of carbonyl (C=O) groups excluding carboxylic acids is 1. The van der Waals surface area contributed by atoms with Gasteiger partial charge in [0.05, 0.1) is 18.8 Å². The fourth-order valence-corrected chi connectivity index (χ4v) is 3.69. The van der Waals surface area contributed by atoms with Crippen molar-refractivity contribution in [3.63, 3.8) is 0 Å². The van der Waals surface area contributed by atoms with Crippen molar-refractivity contribution >= 4 is 22.2 Å². The minimum Gasteiger partial charge on any atom is -0.376 e. The van der Waals surface area contributed by atoms with Crippen molar-refractivity contribution in [2.24, 2.45) is 5.92 Å². The summed E-state index contributed by atoms with van der Waals surface area (Å²) in [6, 6.07) is 0. The zero-order valence-electron chi connectivity index (χ0n) is 12.9. The summed E-state index contributed by atoms with van der Waals surface area (Å²) in [5.74, 6) is 1.37. The summed E-state index contributed by atoms with van der Waals surface area (Å²) in [5, 5.41) is 7.65. The first-order valence-corrected chi connectivity index (χ1v) is 8.19. The first kappa shape index (κ1) is 15.2. The highest BCUT2D eigenvalue weighted by molar-refractivity contribution is 7.17. The Balaban J connectivity index is 1.98. The zero-order valence-corrected chi connectivity index (χ0v) is 13.7. The number of nitrogens with one attached hydrogen (secondary N) is 1. The molecule has 0 aromatic carbocycles. The van der Waals surface area contributed by atoms with Crippen LogP contribution in [0.5, 0.6) is 0 Å². The van der Waals surface area contributed by atoms with Crippen molar-refractivity contribution in [1.29, 1.82) is 0 Å². The Bertz CT molecular complexity index is 690. The highest BCUT2D eigenvalue weighted by Gasteiger charge is 2.26. The van der Waals surface area contributed by atoms with E-state index in [0.717, 1.165) is 27.4 Å². The second-order valence-electron chi connectivity index (χ2n) is 5.80. The molecular formula is C15H19N3O3S. The number of thiophene rings is 1. The summed E-state index contributed by atoms with van der Waals surface area (Å²) >= 11 is 1.54. The minimum atomic E-state index is 0.00648. The SMILES string of the molecule is Cc1noc(-c2c(NC(=O)CC(C)C)sc3c2CCOC3)n1. The number of rotatable bonds is 4. The van der Waals surface area contributed by atoms with Crippen molar-refractivity contribution in [3.05, 3.63) is 16.3 Å². The van der Waals surface area contributed by atoms with Gasteiger partial charge in [-0.15, -0.1) is 11.3 Å². The fourth-order valence-electron chi connectivity index (χ4n) is 2.49. The molecule has 7 heteroatoms. The summed E-state index contributed by atoms with van der Waals surface area (Å²) in [6.45, 7) is 7.07. The van der Waals surface area contributed by atoms with E-state index < -0.39 is 0 Å². The molecule has 1 aliphatic rings. The van der Waals surface area contributed by atoms with Crippen molar-refractivity contribution < 1.29 is 14.1 Å². The van der Waals surface area contributed by atoms with Crippen LogP contribution in [0.1, 0.15) is 36.5 Å². The first-order chi connectivity index (χ1) is 10.5. The number of aromatic nitrogens is 2. The normalized spacial score (nSPS) is 14.2. The van der Waals surface area contributed by atoms with Gasteiger partial charge in [-0.2, -0.15) is 4.98 Å². The quantitative estimate of drug-likeness (QED) is 0.936. The van der Waals surface area contributed by atoms with E-state index in [0.29, 0.717) is 37.3 Å². The molecule has 1 aliphatic heterocycles. The highest BCUT2D eigenvalue weighted by atomic mass is 32.1. The summed E-state index contributed by atoms with van der Waals surface area (Å²) in [6.07, 6.45) is 1.28. The lowest BCUT2D eigenvalue weighted by molar-refractivity contribution is -0.116. The largest absolute Gasteiger partial charge is 0.376 e. The van der Waals surface area contributed by atoms with Gasteiger partial charge in [0, 0.05) is 11.3 Å². The molecule has 3 heterocycles. The predicted molar refractivity (Wildman–Crippen MR) is 83.8 cm³/mol. The molecule has 22 heavy (non-hydrogen) atoms. The van der Waals surface area contributed by atoms with Gasteiger partial charge in [-0.3, -0.25) is 4.79 Å². The van der Waals surface area contributed by atoms with E-state index in [1.165, 1.54) is 11.3 Å². The smallest absolute Gasteiger partial charge is 0.261 e. The molecule has 2 aromatic heterocycles. The molecule has 3 rings (SSSR count). The Kier molecular flexibility index (Phi) is 4.26. The Morgan fingerprint density at radius 1 is 1.45 bits per heavy atom. The number of carbonyl (C=O) groups is 1. The van der Waals surface area contributed by atoms with Crippen LogP contribution in [0.4, 0.5) is 5.00 Å². The lowest BCUT2D eigenvalue weighted by Gasteiger charge is -2.12. The van der Waals surface area contributed by atoms with Gasteiger partial charge in [-0.25, -0.2) is 0 Å². The number of amides is 1. The van der Waals surface area contributed by atoms with Crippen LogP contribution in [0.3, 0.4) is 0 Å². The molecule has 0 atom stereocenters. The molecule has 0 aliphatic carbocycles. The van der Waals surface area contributed by atoms with Crippen LogP contribution in [-0.4, -0.2) is 22.7 Å². The molecule has 0 saturated heterocycles. The summed E-state index contributed by atoms with van der Waals surface area (Å²) in [7, 11) is 0. The second kappa shape index (κ2) is 6.18. The van der Waals surface area contributed by atoms with E-state index in [1.807, 2.05) is 13.8 Å². The third-order valence-corrected chi connectivity index (χ3v) is 4.53. The van der Waals surface area contributed by atoms with Crippen LogP contribution in [0.25, 0.3) is 11.5 Å². The molecule has 0 saturated carbocycles. The molecule has 0 spiro atoms. The number of hydrogen-bond acceptors (Lipinski definition) is 6. The lowest BCUT2D eigenvalue weighted by Crippen LogP contribution is -2.13. The van der Waals surface area contributed by atoms with Crippen LogP contribution in [-0.2, 0) is 22.6 Å². The molecule has 0 bridgehead atoms. The molecule has 2 aromatic rings. The van der Waals surface area contributed by atoms with Gasteiger partial charge in [-0.1, -0.05) is 19.0 Å². The Hall–Kier alpha value is -1.73. The van der Waals surface area contributed by atoms with Crippen LogP contribution < -0.4 is 5.32 Å². The maximum absolute atomic E-state index is 12.1. The van der Waals surface area contributed by atoms with Crippen molar-refractivity contribution in [2.75, 3.05) is 11.9 Å². The third-order valence-electron chi connectivity index (χ3n) is 3.41. The number of anilines is 1. The Labute approximate surface area is 132 Å². The monoisotopic (exact) mass is 321 g/mol. The van der Waals surface area contributed by atoms with Crippen LogP contribution in [0, 0.1) is 12.8 Å². The average molecular weight is 321 g/mol. The van der Waals surface area contributed by atoms with Crippen molar-refractivity contribution in [2.45, 2.75) is 40.2 Å². The van der Waals surface area contributed by atoms with Gasteiger partial charge in [0.2, 0.25) is 5.91 Å². The van der Waals surface area contributed by atoms with E-state index in [9.17, 15) is 4.79 Å². The zero-order chi connectivity index (χ0) is 15.7. The lowest BCUT2D eigenvalue weighted by atomic mass is 10.1. The van der Waals surface area contributed by atoms with E-state index in [-0.39, 0.29) is 5.91 Å². The van der Waals surface area contributed by atoms with Crippen LogP contribution in [0.15, 0.2) is 4.52 Å². The maximum Gasteiger partial charge on any atom is 0.261 e. The maximum atomic E-state index is 12.1. The number of aryl methyl sites for hydroxylation is 1. The number of hydrogen-bond donors (Lipinski definition) is 1. The fraction of sp³-hybridized carbons (Fsp3) is 0.533. The standard InChI is InChI=1S/C15H19N3O3S/c1-8(2)6-12(19)17-15-13(14-16-9(3)18-21-14)10-4-5-20-7-11(10)22-15/h8H,4-7H2,1-3H3,(H,17,19). The molecule has 0 radical (unpaired) electrons. The molecular weight excluding hydrogens is 302 g/mol. The first-order valence-electron chi connectivity index (χ1n) is 7.37. The number of ether oxygens (including phenoxy) is 1. The van der Waals surface area contributed by atoms with Gasteiger partial charge in [0.1, 0.15) is 5.00 Å². The molecule has 1 N–H and O–H groups in total. The number of fused-ring (bicyclic) bond motifs is 1. The average Bonchev–Trinajstić information content (AvgIpc) is 3.00. The number of nitrogens with zero attached hydrogens (tertiary/aromatic N) is 2. The van der Waals surface area contributed by atoms with Gasteiger partial charge >= 0.3 is 0 Å². The molecule has 0 fully saturated rings. The summed E-state index contributed by atoms with van der Waals surface area (Å²) in [4.78, 5) is 17.6. The molecule has 0 unspecified atom stereocenters. The second-order valence-corrected chi connectivity index (χ2v) is 6.91. The van der Waals surface area contributed by atoms with Gasteiger partial charge in [0.25, 0.3) is 5.89 Å². The van der Waals surface area contributed by atoms with Crippen LogP contribution >= 0.6 is 11.3 Å². The van der Waals surface area contributed by atoms with Crippen LogP contribution in [0.2, 0.25) is 0 Å². The summed E-state index contributed by atoms with van der Waals surface area (Å²) < 4.78 is 10.8.